The van der Waals surface area contributed by atoms with Gasteiger partial charge in [-0.25, -0.2) is 4.98 Å². The van der Waals surface area contributed by atoms with E-state index in [-0.39, 0.29) is 5.91 Å². The Morgan fingerprint density at radius 1 is 1.20 bits per heavy atom. The van der Waals surface area contributed by atoms with Gasteiger partial charge in [0, 0.05) is 10.9 Å². The van der Waals surface area contributed by atoms with Crippen LogP contribution in [0, 0.1) is 6.92 Å². The van der Waals surface area contributed by atoms with Crippen LogP contribution in [0.3, 0.4) is 0 Å². The number of furan rings is 1. The molecule has 0 aliphatic heterocycles. The average molecular weight is 284 g/mol. The summed E-state index contributed by atoms with van der Waals surface area (Å²) in [6, 6.07) is 13.2. The van der Waals surface area contributed by atoms with Crippen molar-refractivity contribution in [2.75, 3.05) is 5.32 Å². The zero-order valence-electron chi connectivity index (χ0n) is 10.8. The molecule has 3 aromatic rings. The predicted molar refractivity (Wildman–Crippen MR) is 78.9 cm³/mol. The second-order valence-electron chi connectivity index (χ2n) is 4.27. The summed E-state index contributed by atoms with van der Waals surface area (Å²) in [5, 5.41) is 5.21. The minimum atomic E-state index is -0.285. The van der Waals surface area contributed by atoms with Crippen molar-refractivity contribution < 1.29 is 9.21 Å². The molecule has 1 amide bonds. The number of thiazole rings is 1. The molecule has 1 aromatic carbocycles. The molecule has 4 nitrogen and oxygen atoms in total. The van der Waals surface area contributed by atoms with E-state index < -0.39 is 0 Å². The molecule has 0 atom stereocenters. The van der Waals surface area contributed by atoms with Crippen molar-refractivity contribution in [2.45, 2.75) is 6.92 Å². The van der Waals surface area contributed by atoms with Crippen LogP contribution in [0.5, 0.6) is 0 Å². The first-order valence-corrected chi connectivity index (χ1v) is 6.99. The van der Waals surface area contributed by atoms with Gasteiger partial charge in [-0.1, -0.05) is 30.3 Å². The molecular weight excluding hydrogens is 272 g/mol. The minimum absolute atomic E-state index is 0.285. The van der Waals surface area contributed by atoms with Crippen LogP contribution < -0.4 is 5.32 Å². The summed E-state index contributed by atoms with van der Waals surface area (Å²) >= 11 is 1.39. The van der Waals surface area contributed by atoms with Gasteiger partial charge in [-0.05, 0) is 19.1 Å². The number of aryl methyl sites for hydroxylation is 1. The smallest absolute Gasteiger partial charge is 0.293 e. The van der Waals surface area contributed by atoms with Crippen molar-refractivity contribution in [2.24, 2.45) is 0 Å². The number of rotatable bonds is 3. The largest absolute Gasteiger partial charge is 0.456 e. The Balaban J connectivity index is 1.76. The molecule has 2 heterocycles. The summed E-state index contributed by atoms with van der Waals surface area (Å²) in [5.74, 6) is 0.713. The van der Waals surface area contributed by atoms with Gasteiger partial charge >= 0.3 is 0 Å². The topological polar surface area (TPSA) is 55.1 Å². The predicted octanol–water partition coefficient (Wildman–Crippen LogP) is 3.96. The molecule has 0 aliphatic rings. The molecule has 0 radical (unpaired) electrons. The minimum Gasteiger partial charge on any atom is -0.456 e. The van der Waals surface area contributed by atoms with Gasteiger partial charge < -0.3 is 4.42 Å². The summed E-state index contributed by atoms with van der Waals surface area (Å²) in [7, 11) is 0. The maximum absolute atomic E-state index is 11.9. The zero-order valence-corrected chi connectivity index (χ0v) is 11.6. The Labute approximate surface area is 120 Å². The van der Waals surface area contributed by atoms with Gasteiger partial charge in [0.25, 0.3) is 5.91 Å². The van der Waals surface area contributed by atoms with E-state index in [2.05, 4.69) is 10.3 Å². The first-order valence-electron chi connectivity index (χ1n) is 6.11. The second kappa shape index (κ2) is 5.30. The highest BCUT2D eigenvalue weighted by molar-refractivity contribution is 7.14. The third kappa shape index (κ3) is 2.62. The molecule has 0 spiro atoms. The number of hydrogen-bond donors (Lipinski definition) is 1. The third-order valence-electron chi connectivity index (χ3n) is 2.76. The fourth-order valence-corrected chi connectivity index (χ4v) is 2.50. The Morgan fingerprint density at radius 3 is 2.70 bits per heavy atom. The molecule has 0 aliphatic carbocycles. The standard InChI is InChI=1S/C15H12N2O2S/c1-10-7-8-13(19-10)14(18)17-15-16-12(9-20-15)11-5-3-2-4-6-11/h2-9H,1H3,(H,16,17,18). The number of benzene rings is 1. The number of aromatic nitrogens is 1. The van der Waals surface area contributed by atoms with Gasteiger partial charge in [-0.15, -0.1) is 11.3 Å². The number of nitrogens with zero attached hydrogens (tertiary/aromatic N) is 1. The number of nitrogens with one attached hydrogen (secondary N) is 1. The van der Waals surface area contributed by atoms with Crippen molar-refractivity contribution in [3.8, 4) is 11.3 Å². The lowest BCUT2D eigenvalue weighted by molar-refractivity contribution is 0.0995. The lowest BCUT2D eigenvalue weighted by atomic mass is 10.2. The average Bonchev–Trinajstić information content (AvgIpc) is 3.09. The van der Waals surface area contributed by atoms with Gasteiger partial charge in [-0.3, -0.25) is 10.1 Å². The van der Waals surface area contributed by atoms with Gasteiger partial charge in [0.15, 0.2) is 10.9 Å². The van der Waals surface area contributed by atoms with Crippen LogP contribution >= 0.6 is 11.3 Å². The fourth-order valence-electron chi connectivity index (χ4n) is 1.79. The molecule has 100 valence electrons. The van der Waals surface area contributed by atoms with E-state index in [0.29, 0.717) is 16.7 Å². The molecule has 1 N–H and O–H groups in total. The highest BCUT2D eigenvalue weighted by Crippen LogP contribution is 2.25. The quantitative estimate of drug-likeness (QED) is 0.792. The monoisotopic (exact) mass is 284 g/mol. The Morgan fingerprint density at radius 2 is 2.00 bits per heavy atom. The van der Waals surface area contributed by atoms with Gasteiger partial charge in [0.2, 0.25) is 0 Å². The van der Waals surface area contributed by atoms with Gasteiger partial charge in [-0.2, -0.15) is 0 Å². The molecule has 0 saturated carbocycles. The maximum Gasteiger partial charge on any atom is 0.293 e. The third-order valence-corrected chi connectivity index (χ3v) is 3.52. The Bertz CT molecular complexity index is 731. The van der Waals surface area contributed by atoms with Crippen LogP contribution in [0.1, 0.15) is 16.3 Å². The number of amides is 1. The highest BCUT2D eigenvalue weighted by Gasteiger charge is 2.12. The van der Waals surface area contributed by atoms with Crippen molar-refractivity contribution in [3.63, 3.8) is 0 Å². The molecule has 0 unspecified atom stereocenters. The van der Waals surface area contributed by atoms with Gasteiger partial charge in [0.05, 0.1) is 5.69 Å². The van der Waals surface area contributed by atoms with E-state index in [0.717, 1.165) is 11.3 Å². The Kier molecular flexibility index (Phi) is 3.35. The van der Waals surface area contributed by atoms with Crippen LogP contribution in [0.25, 0.3) is 11.3 Å². The van der Waals surface area contributed by atoms with Crippen LogP contribution in [0.15, 0.2) is 52.3 Å². The van der Waals surface area contributed by atoms with E-state index in [1.807, 2.05) is 35.7 Å². The maximum atomic E-state index is 11.9. The van der Waals surface area contributed by atoms with Crippen LogP contribution in [-0.4, -0.2) is 10.9 Å². The van der Waals surface area contributed by atoms with Crippen LogP contribution in [0.4, 0.5) is 5.13 Å². The summed E-state index contributed by atoms with van der Waals surface area (Å²) < 4.78 is 5.27. The number of carbonyl (C=O) groups is 1. The van der Waals surface area contributed by atoms with E-state index in [1.54, 1.807) is 19.1 Å². The number of hydrogen-bond acceptors (Lipinski definition) is 4. The summed E-state index contributed by atoms with van der Waals surface area (Å²) in [6.07, 6.45) is 0. The summed E-state index contributed by atoms with van der Waals surface area (Å²) in [6.45, 7) is 1.80. The molecule has 0 fully saturated rings. The van der Waals surface area contributed by atoms with Crippen molar-refractivity contribution in [1.82, 2.24) is 4.98 Å². The lowest BCUT2D eigenvalue weighted by Crippen LogP contribution is -2.10. The number of anilines is 1. The van der Waals surface area contributed by atoms with Crippen LogP contribution in [-0.2, 0) is 0 Å². The van der Waals surface area contributed by atoms with Crippen molar-refractivity contribution >= 4 is 22.4 Å². The second-order valence-corrected chi connectivity index (χ2v) is 5.13. The SMILES string of the molecule is Cc1ccc(C(=O)Nc2nc(-c3ccccc3)cs2)o1. The molecule has 3 rings (SSSR count). The van der Waals surface area contributed by atoms with Crippen molar-refractivity contribution in [1.29, 1.82) is 0 Å². The van der Waals surface area contributed by atoms with E-state index in [9.17, 15) is 4.79 Å². The normalized spacial score (nSPS) is 10.4. The van der Waals surface area contributed by atoms with Crippen LogP contribution in [0.2, 0.25) is 0 Å². The van der Waals surface area contributed by atoms with Gasteiger partial charge in [0.1, 0.15) is 5.76 Å². The molecule has 0 saturated heterocycles. The van der Waals surface area contributed by atoms with Crippen molar-refractivity contribution in [3.05, 3.63) is 59.4 Å². The van der Waals surface area contributed by atoms with E-state index in [4.69, 9.17) is 4.42 Å². The summed E-state index contributed by atoms with van der Waals surface area (Å²) in [5.41, 5.74) is 1.87. The molecule has 20 heavy (non-hydrogen) atoms. The lowest BCUT2D eigenvalue weighted by Gasteiger charge is -1.98. The molecule has 0 bridgehead atoms. The Hall–Kier alpha value is -2.40. The molecule has 2 aromatic heterocycles. The fraction of sp³-hybridized carbons (Fsp3) is 0.0667. The first-order chi connectivity index (χ1) is 9.72. The zero-order chi connectivity index (χ0) is 13.9. The van der Waals surface area contributed by atoms with E-state index in [1.165, 1.54) is 11.3 Å². The number of carbonyl (C=O) groups excluding carboxylic acids is 1. The first kappa shape index (κ1) is 12.6. The highest BCUT2D eigenvalue weighted by atomic mass is 32.1. The molecular formula is C15H12N2O2S. The summed E-state index contributed by atoms with van der Waals surface area (Å²) in [4.78, 5) is 16.3. The molecule has 5 heteroatoms. The van der Waals surface area contributed by atoms with E-state index >= 15 is 0 Å².